The van der Waals surface area contributed by atoms with Gasteiger partial charge in [-0.2, -0.15) is 0 Å². The summed E-state index contributed by atoms with van der Waals surface area (Å²) in [6, 6.07) is 66.4. The lowest BCUT2D eigenvalue weighted by molar-refractivity contribution is 0.614. The summed E-state index contributed by atoms with van der Waals surface area (Å²) in [5, 5.41) is 9.51. The topological polar surface area (TPSA) is 9.86 Å². The molecule has 0 fully saturated rings. The van der Waals surface area contributed by atoms with Crippen LogP contribution < -0.4 is 0 Å². The minimum atomic E-state index is -0.268. The molecule has 0 aliphatic carbocycles. The van der Waals surface area contributed by atoms with Gasteiger partial charge in [0.2, 0.25) is 0 Å². The molecule has 0 spiro atoms. The van der Waals surface area contributed by atoms with Crippen molar-refractivity contribution in [2.75, 3.05) is 0 Å². The van der Waals surface area contributed by atoms with E-state index in [1.54, 1.807) is 0 Å². The lowest BCUT2D eigenvalue weighted by Gasteiger charge is -2.15. The fraction of sp³-hybridized carbons (Fsp3) is 0. The number of fused-ring (bicyclic) bond motifs is 12. The molecule has 0 bridgehead atoms. The van der Waals surface area contributed by atoms with E-state index in [9.17, 15) is 0 Å². The van der Waals surface area contributed by atoms with E-state index in [4.69, 9.17) is 0 Å². The second-order valence-electron chi connectivity index (χ2n) is 15.3. The van der Waals surface area contributed by atoms with E-state index >= 15 is 4.39 Å². The van der Waals surface area contributed by atoms with Gasteiger partial charge in [-0.3, -0.25) is 0 Å². The van der Waals surface area contributed by atoms with Crippen molar-refractivity contribution in [3.05, 3.63) is 194 Å². The summed E-state index contributed by atoms with van der Waals surface area (Å²) in [4.78, 5) is 0. The SMILES string of the molecule is Fc1c(-n2c3ccccc3c3cc(-c4cccc5c4sc4ccccc45)ccc32)cccc1-n1c2ccccc2c2cc(-c3cccc4c3sc3ccccc34)ccc21. The monoisotopic (exact) mass is 790 g/mol. The van der Waals surface area contributed by atoms with Crippen LogP contribution >= 0.6 is 22.7 Å². The van der Waals surface area contributed by atoms with Crippen LogP contribution in [0.25, 0.3) is 118 Å². The van der Waals surface area contributed by atoms with Gasteiger partial charge in [0.1, 0.15) is 0 Å². The molecule has 4 heterocycles. The highest BCUT2D eigenvalue weighted by Gasteiger charge is 2.22. The van der Waals surface area contributed by atoms with Crippen LogP contribution in [0.2, 0.25) is 0 Å². The van der Waals surface area contributed by atoms with Crippen LogP contribution in [0.4, 0.5) is 4.39 Å². The molecule has 13 rings (SSSR count). The molecule has 0 saturated heterocycles. The Morgan fingerprint density at radius 3 is 1.20 bits per heavy atom. The molecule has 0 aliphatic heterocycles. The van der Waals surface area contributed by atoms with Crippen LogP contribution in [0, 0.1) is 5.82 Å². The fourth-order valence-electron chi connectivity index (χ4n) is 9.60. The van der Waals surface area contributed by atoms with E-state index < -0.39 is 0 Å². The molecule has 0 N–H and O–H groups in total. The maximum Gasteiger partial charge on any atom is 0.171 e. The van der Waals surface area contributed by atoms with Gasteiger partial charge >= 0.3 is 0 Å². The summed E-state index contributed by atoms with van der Waals surface area (Å²) in [7, 11) is 0. The summed E-state index contributed by atoms with van der Waals surface area (Å²) in [5.74, 6) is -0.268. The maximum absolute atomic E-state index is 17.7. The smallest absolute Gasteiger partial charge is 0.171 e. The number of hydrogen-bond donors (Lipinski definition) is 0. The van der Waals surface area contributed by atoms with Gasteiger partial charge in [-0.05, 0) is 82.9 Å². The van der Waals surface area contributed by atoms with Crippen molar-refractivity contribution < 1.29 is 4.39 Å². The average molecular weight is 791 g/mol. The zero-order chi connectivity index (χ0) is 38.8. The summed E-state index contributed by atoms with van der Waals surface area (Å²) in [6.45, 7) is 0. The summed E-state index contributed by atoms with van der Waals surface area (Å²) in [5.41, 5.74) is 9.65. The van der Waals surface area contributed by atoms with Crippen molar-refractivity contribution in [2.45, 2.75) is 0 Å². The molecule has 0 aliphatic rings. The molecular weight excluding hydrogens is 760 g/mol. The molecule has 0 radical (unpaired) electrons. The minimum absolute atomic E-state index is 0.268. The average Bonchev–Trinajstić information content (AvgIpc) is 4.04. The fourth-order valence-corrected chi connectivity index (χ4v) is 12.1. The number of para-hydroxylation sites is 2. The van der Waals surface area contributed by atoms with Crippen LogP contribution in [-0.2, 0) is 0 Å². The number of benzene rings is 9. The number of nitrogens with zero attached hydrogens (tertiary/aromatic N) is 2. The molecule has 59 heavy (non-hydrogen) atoms. The molecule has 5 heteroatoms. The lowest BCUT2D eigenvalue weighted by atomic mass is 10.0. The van der Waals surface area contributed by atoms with Crippen molar-refractivity contribution >= 4 is 107 Å². The van der Waals surface area contributed by atoms with Crippen LogP contribution in [0.15, 0.2) is 188 Å². The van der Waals surface area contributed by atoms with Crippen molar-refractivity contribution in [3.8, 4) is 33.6 Å². The van der Waals surface area contributed by atoms with Crippen LogP contribution in [0.5, 0.6) is 0 Å². The Labute approximate surface area is 345 Å². The molecule has 276 valence electrons. The van der Waals surface area contributed by atoms with Gasteiger partial charge in [-0.15, -0.1) is 22.7 Å². The van der Waals surface area contributed by atoms with E-state index in [0.717, 1.165) is 54.7 Å². The number of halogens is 1. The van der Waals surface area contributed by atoms with Gasteiger partial charge in [0.15, 0.2) is 5.82 Å². The molecule has 9 aromatic carbocycles. The largest absolute Gasteiger partial charge is 0.306 e. The predicted molar refractivity (Wildman–Crippen MR) is 252 cm³/mol. The number of thiophene rings is 2. The third-order valence-corrected chi connectivity index (χ3v) is 14.7. The van der Waals surface area contributed by atoms with Gasteiger partial charge < -0.3 is 9.13 Å². The maximum atomic E-state index is 17.7. The zero-order valence-corrected chi connectivity index (χ0v) is 33.1. The van der Waals surface area contributed by atoms with E-state index in [1.807, 2.05) is 53.0 Å². The Kier molecular flexibility index (Phi) is 6.97. The van der Waals surface area contributed by atoms with Crippen LogP contribution in [0.3, 0.4) is 0 Å². The number of aromatic nitrogens is 2. The molecule has 4 aromatic heterocycles. The van der Waals surface area contributed by atoms with Gasteiger partial charge in [0, 0.05) is 61.9 Å². The molecule has 0 amide bonds. The highest BCUT2D eigenvalue weighted by molar-refractivity contribution is 7.26. The summed E-state index contributed by atoms with van der Waals surface area (Å²) < 4.78 is 27.1. The van der Waals surface area contributed by atoms with E-state index in [0.29, 0.717) is 11.4 Å². The Morgan fingerprint density at radius 1 is 0.322 bits per heavy atom. The van der Waals surface area contributed by atoms with Crippen molar-refractivity contribution in [2.24, 2.45) is 0 Å². The molecular formula is C54H31FN2S2. The van der Waals surface area contributed by atoms with Crippen LogP contribution in [-0.4, -0.2) is 9.13 Å². The highest BCUT2D eigenvalue weighted by Crippen LogP contribution is 2.44. The zero-order valence-electron chi connectivity index (χ0n) is 31.5. The molecule has 0 atom stereocenters. The first-order chi connectivity index (χ1) is 29.2. The van der Waals surface area contributed by atoms with E-state index in [2.05, 4.69) is 167 Å². The van der Waals surface area contributed by atoms with Crippen molar-refractivity contribution in [3.63, 3.8) is 0 Å². The molecule has 2 nitrogen and oxygen atoms in total. The van der Waals surface area contributed by atoms with E-state index in [-0.39, 0.29) is 5.82 Å². The number of rotatable bonds is 4. The molecule has 0 unspecified atom stereocenters. The number of hydrogen-bond acceptors (Lipinski definition) is 2. The second kappa shape index (κ2) is 12.5. The first-order valence-corrected chi connectivity index (χ1v) is 21.5. The van der Waals surface area contributed by atoms with Crippen molar-refractivity contribution in [1.29, 1.82) is 0 Å². The Hall–Kier alpha value is -7.05. The third kappa shape index (κ3) is 4.71. The van der Waals surface area contributed by atoms with Gasteiger partial charge in [-0.25, -0.2) is 4.39 Å². The van der Waals surface area contributed by atoms with Gasteiger partial charge in [0.25, 0.3) is 0 Å². The summed E-state index contributed by atoms with van der Waals surface area (Å²) in [6.07, 6.45) is 0. The Balaban J connectivity index is 0.993. The van der Waals surface area contributed by atoms with Gasteiger partial charge in [0.05, 0.1) is 33.4 Å². The predicted octanol–water partition coefficient (Wildman–Crippen LogP) is 16.1. The van der Waals surface area contributed by atoms with E-state index in [1.165, 1.54) is 51.5 Å². The Bertz CT molecular complexity index is 3630. The quantitative estimate of drug-likeness (QED) is 0.168. The standard InChI is InChI=1S/C54H31FN2S2/c55-52-48(56-44-20-5-1-12-36(44)42-30-32(26-28-46(42)56)34-16-9-18-40-38-14-3-7-24-50(38)58-53(34)40)22-11-23-49(52)57-45-21-6-2-13-37(45)43-31-33(27-29-47(43)57)35-17-10-19-41-39-15-4-8-25-51(39)59-54(35)41/h1-31H. The van der Waals surface area contributed by atoms with Crippen molar-refractivity contribution in [1.82, 2.24) is 9.13 Å². The normalized spacial score (nSPS) is 12.2. The minimum Gasteiger partial charge on any atom is -0.306 e. The van der Waals surface area contributed by atoms with Gasteiger partial charge in [-0.1, -0.05) is 127 Å². The second-order valence-corrected chi connectivity index (χ2v) is 17.4. The van der Waals surface area contributed by atoms with Crippen LogP contribution in [0.1, 0.15) is 0 Å². The first kappa shape index (κ1) is 33.0. The molecule has 13 aromatic rings. The molecule has 0 saturated carbocycles. The lowest BCUT2D eigenvalue weighted by Crippen LogP contribution is -2.04. The summed E-state index contributed by atoms with van der Waals surface area (Å²) >= 11 is 3.68. The highest BCUT2D eigenvalue weighted by atomic mass is 32.1. The Morgan fingerprint density at radius 2 is 0.712 bits per heavy atom. The first-order valence-electron chi connectivity index (χ1n) is 19.9. The third-order valence-electron chi connectivity index (χ3n) is 12.2.